The number of alkyl halides is 1. The number of Topliss-reactive ketones (excluding diaryl/α,β-unsaturated/α-hetero) is 1. The Bertz CT molecular complexity index is 395. The molecule has 0 spiro atoms. The lowest BCUT2D eigenvalue weighted by molar-refractivity contribution is -0.0410. The predicted molar refractivity (Wildman–Crippen MR) is 55.6 cm³/mol. The molecule has 0 aliphatic rings. The maximum absolute atomic E-state index is 13.1. The molecule has 0 saturated carbocycles. The Balaban J connectivity index is 3.19. The lowest BCUT2D eigenvalue weighted by atomic mass is 10.0. The molecule has 88 valence electrons. The fourth-order valence-electron chi connectivity index (χ4n) is 1.23. The van der Waals surface area contributed by atoms with E-state index in [4.69, 9.17) is 14.6 Å². The summed E-state index contributed by atoms with van der Waals surface area (Å²) in [7, 11) is 2.81. The van der Waals surface area contributed by atoms with E-state index in [9.17, 15) is 9.18 Å². The second-order valence-electron chi connectivity index (χ2n) is 3.35. The summed E-state index contributed by atoms with van der Waals surface area (Å²) in [6.07, 6.45) is 0. The van der Waals surface area contributed by atoms with Crippen LogP contribution in [0.25, 0.3) is 0 Å². The van der Waals surface area contributed by atoms with Crippen molar-refractivity contribution in [2.75, 3.05) is 14.2 Å². The highest BCUT2D eigenvalue weighted by molar-refractivity contribution is 6.03. The average Bonchev–Trinajstić information content (AvgIpc) is 2.26. The maximum Gasteiger partial charge on any atom is 0.268 e. The molecule has 1 aromatic rings. The second kappa shape index (κ2) is 4.49. The van der Waals surface area contributed by atoms with Crippen molar-refractivity contribution in [3.63, 3.8) is 0 Å². The van der Waals surface area contributed by atoms with Gasteiger partial charge in [0.15, 0.2) is 0 Å². The molecule has 0 saturated heterocycles. The highest BCUT2D eigenvalue weighted by Gasteiger charge is 2.32. The summed E-state index contributed by atoms with van der Waals surface area (Å²) in [5, 5.41) is 8.98. The van der Waals surface area contributed by atoms with Crippen LogP contribution in [-0.2, 0) is 0 Å². The highest BCUT2D eigenvalue weighted by Crippen LogP contribution is 2.28. The molecule has 0 heterocycles. The number of rotatable bonds is 4. The van der Waals surface area contributed by atoms with Crippen LogP contribution in [-0.4, -0.2) is 31.0 Å². The van der Waals surface area contributed by atoms with Crippen LogP contribution in [0, 0.1) is 0 Å². The van der Waals surface area contributed by atoms with E-state index < -0.39 is 11.6 Å². The van der Waals surface area contributed by atoms with E-state index in [1.165, 1.54) is 32.4 Å². The lowest BCUT2D eigenvalue weighted by Crippen LogP contribution is -2.29. The molecule has 0 aliphatic carbocycles. The molecule has 1 unspecified atom stereocenters. The number of benzene rings is 1. The Labute approximate surface area is 92.6 Å². The number of ketones is 1. The molecule has 0 aliphatic heterocycles. The van der Waals surface area contributed by atoms with Crippen molar-refractivity contribution in [2.24, 2.45) is 0 Å². The summed E-state index contributed by atoms with van der Waals surface area (Å²) < 4.78 is 22.9. The van der Waals surface area contributed by atoms with Crippen molar-refractivity contribution in [3.05, 3.63) is 23.8 Å². The molecule has 1 atom stereocenters. The van der Waals surface area contributed by atoms with Crippen LogP contribution < -0.4 is 9.47 Å². The van der Waals surface area contributed by atoms with E-state index in [1.54, 1.807) is 0 Å². The van der Waals surface area contributed by atoms with Crippen LogP contribution in [0.15, 0.2) is 18.2 Å². The van der Waals surface area contributed by atoms with Gasteiger partial charge in [-0.1, -0.05) is 0 Å². The first kappa shape index (κ1) is 12.4. The first-order valence-electron chi connectivity index (χ1n) is 4.58. The first-order valence-corrected chi connectivity index (χ1v) is 4.58. The number of aliphatic hydroxyl groups is 1. The van der Waals surface area contributed by atoms with Crippen LogP contribution in [0.2, 0.25) is 0 Å². The van der Waals surface area contributed by atoms with Crippen LogP contribution in [0.1, 0.15) is 17.3 Å². The number of carbonyl (C=O) groups excluding carboxylic acids is 1. The normalized spacial score (nSPS) is 14.1. The van der Waals surface area contributed by atoms with Crippen LogP contribution in [0.5, 0.6) is 11.5 Å². The largest absolute Gasteiger partial charge is 0.497 e. The third-order valence-electron chi connectivity index (χ3n) is 2.07. The van der Waals surface area contributed by atoms with Gasteiger partial charge in [-0.3, -0.25) is 4.79 Å². The van der Waals surface area contributed by atoms with Gasteiger partial charge >= 0.3 is 0 Å². The zero-order chi connectivity index (χ0) is 12.3. The van der Waals surface area contributed by atoms with Crippen molar-refractivity contribution in [1.82, 2.24) is 0 Å². The lowest BCUT2D eigenvalue weighted by Gasteiger charge is -2.14. The molecular formula is C11H13FO4. The van der Waals surface area contributed by atoms with E-state index in [0.29, 0.717) is 5.75 Å². The van der Waals surface area contributed by atoms with E-state index in [1.807, 2.05) is 0 Å². The van der Waals surface area contributed by atoms with Crippen molar-refractivity contribution in [3.8, 4) is 11.5 Å². The number of halogens is 1. The van der Waals surface area contributed by atoms with Crippen molar-refractivity contribution in [2.45, 2.75) is 12.8 Å². The monoisotopic (exact) mass is 228 g/mol. The summed E-state index contributed by atoms with van der Waals surface area (Å²) in [6.45, 7) is 0.777. The van der Waals surface area contributed by atoms with Crippen LogP contribution in [0.4, 0.5) is 4.39 Å². The van der Waals surface area contributed by atoms with Gasteiger partial charge in [0.05, 0.1) is 19.8 Å². The maximum atomic E-state index is 13.1. The van der Waals surface area contributed by atoms with E-state index in [0.717, 1.165) is 6.92 Å². The molecule has 4 nitrogen and oxygen atoms in total. The molecule has 5 heteroatoms. The fourth-order valence-corrected chi connectivity index (χ4v) is 1.23. The third-order valence-corrected chi connectivity index (χ3v) is 2.07. The van der Waals surface area contributed by atoms with Gasteiger partial charge in [-0.15, -0.1) is 0 Å². The first-order chi connectivity index (χ1) is 7.40. The predicted octanol–water partition coefficient (Wildman–Crippen LogP) is 1.56. The zero-order valence-electron chi connectivity index (χ0n) is 9.28. The summed E-state index contributed by atoms with van der Waals surface area (Å²) in [5.74, 6) is -3.33. The molecule has 0 radical (unpaired) electrons. The Morgan fingerprint density at radius 2 is 2.00 bits per heavy atom. The Hall–Kier alpha value is -1.62. The zero-order valence-corrected chi connectivity index (χ0v) is 9.28. The minimum Gasteiger partial charge on any atom is -0.497 e. The number of methoxy groups -OCH3 is 2. The molecule has 0 fully saturated rings. The van der Waals surface area contributed by atoms with Crippen molar-refractivity contribution < 1.29 is 23.8 Å². The molecule has 0 bridgehead atoms. The Morgan fingerprint density at radius 3 is 2.44 bits per heavy atom. The molecule has 1 rings (SSSR count). The van der Waals surface area contributed by atoms with Crippen LogP contribution >= 0.6 is 0 Å². The Morgan fingerprint density at radius 1 is 1.38 bits per heavy atom. The SMILES string of the molecule is COc1ccc(C(=O)C(C)(O)F)c(OC)c1. The molecule has 16 heavy (non-hydrogen) atoms. The van der Waals surface area contributed by atoms with Gasteiger partial charge in [0.1, 0.15) is 11.5 Å². The van der Waals surface area contributed by atoms with Gasteiger partial charge in [-0.05, 0) is 12.1 Å². The third kappa shape index (κ3) is 2.49. The van der Waals surface area contributed by atoms with Gasteiger partial charge < -0.3 is 14.6 Å². The summed E-state index contributed by atoms with van der Waals surface area (Å²) in [5.41, 5.74) is -0.0317. The molecule has 0 amide bonds. The quantitative estimate of drug-likeness (QED) is 0.794. The highest BCUT2D eigenvalue weighted by atomic mass is 19.2. The summed E-state index contributed by atoms with van der Waals surface area (Å²) >= 11 is 0. The number of carbonyl (C=O) groups is 1. The van der Waals surface area contributed by atoms with E-state index in [2.05, 4.69) is 0 Å². The molecule has 1 N–H and O–H groups in total. The topological polar surface area (TPSA) is 55.8 Å². The van der Waals surface area contributed by atoms with E-state index in [-0.39, 0.29) is 11.3 Å². The van der Waals surface area contributed by atoms with Gasteiger partial charge in [0, 0.05) is 13.0 Å². The molecule has 0 aromatic heterocycles. The summed E-state index contributed by atoms with van der Waals surface area (Å²) in [6, 6.07) is 4.27. The second-order valence-corrected chi connectivity index (χ2v) is 3.35. The van der Waals surface area contributed by atoms with Gasteiger partial charge in [0.2, 0.25) is 5.78 Å². The smallest absolute Gasteiger partial charge is 0.268 e. The van der Waals surface area contributed by atoms with Gasteiger partial charge in [-0.25, -0.2) is 4.39 Å². The number of ether oxygens (including phenoxy) is 2. The number of hydrogen-bond donors (Lipinski definition) is 1. The van der Waals surface area contributed by atoms with Gasteiger partial charge in [0.25, 0.3) is 5.85 Å². The molecule has 1 aromatic carbocycles. The minimum absolute atomic E-state index is 0.0317. The standard InChI is InChI=1S/C11H13FO4/c1-11(12,14)10(13)8-5-4-7(15-2)6-9(8)16-3/h4-6,14H,1-3H3. The Kier molecular flexibility index (Phi) is 3.49. The fraction of sp³-hybridized carbons (Fsp3) is 0.364. The van der Waals surface area contributed by atoms with Crippen molar-refractivity contribution in [1.29, 1.82) is 0 Å². The van der Waals surface area contributed by atoms with Gasteiger partial charge in [-0.2, -0.15) is 0 Å². The van der Waals surface area contributed by atoms with Crippen molar-refractivity contribution >= 4 is 5.78 Å². The minimum atomic E-state index is -2.91. The number of hydrogen-bond acceptors (Lipinski definition) is 4. The molecular weight excluding hydrogens is 215 g/mol. The van der Waals surface area contributed by atoms with Crippen LogP contribution in [0.3, 0.4) is 0 Å². The summed E-state index contributed by atoms with van der Waals surface area (Å²) in [4.78, 5) is 11.5. The van der Waals surface area contributed by atoms with E-state index >= 15 is 0 Å². The average molecular weight is 228 g/mol.